The molecule has 31 heavy (non-hydrogen) atoms. The second kappa shape index (κ2) is 9.97. The van der Waals surface area contributed by atoms with Crippen LogP contribution in [0, 0.1) is 20.8 Å². The van der Waals surface area contributed by atoms with E-state index < -0.39 is 0 Å². The Hall–Kier alpha value is -2.16. The Morgan fingerprint density at radius 2 is 1.90 bits per heavy atom. The van der Waals surface area contributed by atoms with Crippen molar-refractivity contribution in [3.05, 3.63) is 61.0 Å². The second-order valence-electron chi connectivity index (χ2n) is 8.10. The normalized spacial score (nSPS) is 14.5. The van der Waals surface area contributed by atoms with Crippen LogP contribution in [0.3, 0.4) is 0 Å². The Kier molecular flexibility index (Phi) is 7.56. The number of rotatable bonds is 6. The Balaban J connectivity index is 1.91. The molecule has 2 heterocycles. The van der Waals surface area contributed by atoms with Crippen LogP contribution < -0.4 is 16.3 Å². The molecule has 1 aliphatic heterocycles. The molecule has 7 nitrogen and oxygen atoms in total. The minimum atomic E-state index is -0.317. The van der Waals surface area contributed by atoms with E-state index in [1.54, 1.807) is 6.07 Å². The monoisotopic (exact) mass is 490 g/mol. The van der Waals surface area contributed by atoms with Gasteiger partial charge in [0.25, 0.3) is 11.5 Å². The van der Waals surface area contributed by atoms with Crippen LogP contribution in [0.1, 0.15) is 52.5 Å². The van der Waals surface area contributed by atoms with Crippen LogP contribution >= 0.6 is 15.9 Å². The molecule has 2 aromatic rings. The van der Waals surface area contributed by atoms with Gasteiger partial charge in [-0.1, -0.05) is 15.9 Å². The molecule has 0 spiro atoms. The Morgan fingerprint density at radius 3 is 2.52 bits per heavy atom. The zero-order chi connectivity index (χ0) is 22.7. The van der Waals surface area contributed by atoms with Crippen LogP contribution in [-0.4, -0.2) is 41.7 Å². The van der Waals surface area contributed by atoms with Crippen molar-refractivity contribution in [2.24, 2.45) is 5.84 Å². The van der Waals surface area contributed by atoms with Gasteiger partial charge in [0.2, 0.25) is 0 Å². The van der Waals surface area contributed by atoms with Crippen LogP contribution in [0.15, 0.2) is 27.5 Å². The van der Waals surface area contributed by atoms with Gasteiger partial charge in [-0.3, -0.25) is 14.6 Å². The Bertz CT molecular complexity index is 1010. The fourth-order valence-electron chi connectivity index (χ4n) is 4.28. The van der Waals surface area contributed by atoms with E-state index in [9.17, 15) is 9.59 Å². The fourth-order valence-corrected chi connectivity index (χ4v) is 4.73. The van der Waals surface area contributed by atoms with Gasteiger partial charge in [0.1, 0.15) is 0 Å². The number of hydrazine groups is 1. The molecule has 3 N–H and O–H groups in total. The molecule has 3 rings (SSSR count). The van der Waals surface area contributed by atoms with E-state index in [4.69, 9.17) is 10.6 Å². The standard InChI is InChI=1S/C23H31BrN4O3/c1-5-27(18-6-8-31-9-7-18)21-12-17(24)11-19(16(21)4)23(30)28(25)13-20-14(2)10-15(3)26-22(20)29/h10-12,18H,5-9,13,25H2,1-4H3,(H,26,29). The molecule has 0 atom stereocenters. The van der Waals surface area contributed by atoms with E-state index in [0.29, 0.717) is 17.2 Å². The number of carbonyl (C=O) groups excluding carboxylic acids is 1. The summed E-state index contributed by atoms with van der Waals surface area (Å²) >= 11 is 3.57. The topological polar surface area (TPSA) is 91.7 Å². The lowest BCUT2D eigenvalue weighted by molar-refractivity contribution is 0.0741. The summed E-state index contributed by atoms with van der Waals surface area (Å²) in [6.07, 6.45) is 1.92. The molecule has 0 bridgehead atoms. The smallest absolute Gasteiger partial charge is 0.268 e. The van der Waals surface area contributed by atoms with Crippen LogP contribution in [0.5, 0.6) is 0 Å². The molecule has 0 saturated carbocycles. The van der Waals surface area contributed by atoms with Crippen molar-refractivity contribution in [3.8, 4) is 0 Å². The quantitative estimate of drug-likeness (QED) is 0.366. The highest BCUT2D eigenvalue weighted by molar-refractivity contribution is 9.10. The molecule has 0 unspecified atom stereocenters. The number of anilines is 1. The summed E-state index contributed by atoms with van der Waals surface area (Å²) in [5.74, 6) is 5.85. The SMILES string of the molecule is CCN(c1cc(Br)cc(C(=O)N(N)Cc2c(C)cc(C)[nH]c2=O)c1C)C1CCOCC1. The maximum atomic E-state index is 13.3. The number of nitrogens with two attached hydrogens (primary N) is 1. The van der Waals surface area contributed by atoms with Gasteiger partial charge in [0.05, 0.1) is 6.54 Å². The maximum Gasteiger partial charge on any atom is 0.268 e. The minimum absolute atomic E-state index is 0.0407. The number of nitrogens with one attached hydrogen (secondary N) is 1. The van der Waals surface area contributed by atoms with Crippen molar-refractivity contribution in [1.29, 1.82) is 0 Å². The van der Waals surface area contributed by atoms with Gasteiger partial charge in [-0.25, -0.2) is 5.84 Å². The van der Waals surface area contributed by atoms with Crippen LogP contribution in [0.4, 0.5) is 5.69 Å². The van der Waals surface area contributed by atoms with Crippen molar-refractivity contribution >= 4 is 27.5 Å². The van der Waals surface area contributed by atoms with E-state index >= 15 is 0 Å². The van der Waals surface area contributed by atoms with Crippen molar-refractivity contribution in [2.45, 2.75) is 53.1 Å². The summed E-state index contributed by atoms with van der Waals surface area (Å²) in [6.45, 7) is 10.1. The zero-order valence-corrected chi connectivity index (χ0v) is 20.2. The molecule has 168 valence electrons. The highest BCUT2D eigenvalue weighted by Gasteiger charge is 2.25. The number of hydrogen-bond acceptors (Lipinski definition) is 5. The molecule has 0 aliphatic carbocycles. The number of carbonyl (C=O) groups is 1. The first-order valence-corrected chi connectivity index (χ1v) is 11.4. The zero-order valence-electron chi connectivity index (χ0n) is 18.6. The number of ether oxygens (including phenoxy) is 1. The number of hydrogen-bond donors (Lipinski definition) is 2. The molecule has 0 radical (unpaired) electrons. The van der Waals surface area contributed by atoms with Gasteiger partial charge in [0, 0.05) is 52.8 Å². The fraction of sp³-hybridized carbons (Fsp3) is 0.478. The molecule has 1 aromatic carbocycles. The van der Waals surface area contributed by atoms with E-state index in [1.165, 1.54) is 0 Å². The number of H-pyrrole nitrogens is 1. The number of aryl methyl sites for hydroxylation is 2. The lowest BCUT2D eigenvalue weighted by Crippen LogP contribution is -2.41. The van der Waals surface area contributed by atoms with E-state index in [2.05, 4.69) is 38.8 Å². The van der Waals surface area contributed by atoms with Gasteiger partial charge < -0.3 is 14.6 Å². The Morgan fingerprint density at radius 1 is 1.23 bits per heavy atom. The third-order valence-corrected chi connectivity index (χ3v) is 6.40. The summed E-state index contributed by atoms with van der Waals surface area (Å²) in [5, 5.41) is 1.12. The molecule has 1 amide bonds. The number of pyridine rings is 1. The molecular formula is C23H31BrN4O3. The minimum Gasteiger partial charge on any atom is -0.381 e. The lowest BCUT2D eigenvalue weighted by atomic mass is 10.0. The first-order chi connectivity index (χ1) is 14.7. The van der Waals surface area contributed by atoms with Crippen LogP contribution in [0.25, 0.3) is 0 Å². The van der Waals surface area contributed by atoms with Gasteiger partial charge >= 0.3 is 0 Å². The predicted octanol–water partition coefficient (Wildman–Crippen LogP) is 3.58. The van der Waals surface area contributed by atoms with E-state index in [0.717, 1.165) is 64.6 Å². The van der Waals surface area contributed by atoms with Crippen molar-refractivity contribution in [1.82, 2.24) is 9.99 Å². The first-order valence-electron chi connectivity index (χ1n) is 10.6. The van der Waals surface area contributed by atoms with Crippen molar-refractivity contribution < 1.29 is 9.53 Å². The predicted molar refractivity (Wildman–Crippen MR) is 126 cm³/mol. The lowest BCUT2D eigenvalue weighted by Gasteiger charge is -2.36. The summed E-state index contributed by atoms with van der Waals surface area (Å²) in [7, 11) is 0. The van der Waals surface area contributed by atoms with E-state index in [1.807, 2.05) is 26.8 Å². The van der Waals surface area contributed by atoms with Crippen molar-refractivity contribution in [2.75, 3.05) is 24.7 Å². The number of nitrogens with zero attached hydrogens (tertiary/aromatic N) is 2. The highest BCUT2D eigenvalue weighted by Crippen LogP contribution is 2.32. The molecular weight excluding hydrogens is 460 g/mol. The second-order valence-corrected chi connectivity index (χ2v) is 9.02. The number of aromatic nitrogens is 1. The average Bonchev–Trinajstić information content (AvgIpc) is 2.73. The number of halogens is 1. The third-order valence-electron chi connectivity index (χ3n) is 5.94. The summed E-state index contributed by atoms with van der Waals surface area (Å²) < 4.78 is 6.34. The third kappa shape index (κ3) is 5.19. The number of amides is 1. The molecule has 1 fully saturated rings. The number of aromatic amines is 1. The summed E-state index contributed by atoms with van der Waals surface area (Å²) in [4.78, 5) is 30.8. The summed E-state index contributed by atoms with van der Waals surface area (Å²) in [5.41, 5.74) is 4.29. The maximum absolute atomic E-state index is 13.3. The molecule has 1 aromatic heterocycles. The van der Waals surface area contributed by atoms with Gasteiger partial charge in [-0.05, 0) is 69.9 Å². The van der Waals surface area contributed by atoms with Crippen LogP contribution in [0.2, 0.25) is 0 Å². The van der Waals surface area contributed by atoms with Gasteiger partial charge in [0.15, 0.2) is 0 Å². The number of benzene rings is 1. The van der Waals surface area contributed by atoms with Crippen LogP contribution in [-0.2, 0) is 11.3 Å². The van der Waals surface area contributed by atoms with Gasteiger partial charge in [-0.15, -0.1) is 0 Å². The van der Waals surface area contributed by atoms with Gasteiger partial charge in [-0.2, -0.15) is 0 Å². The molecule has 1 aliphatic rings. The Labute approximate surface area is 191 Å². The highest BCUT2D eigenvalue weighted by atomic mass is 79.9. The largest absolute Gasteiger partial charge is 0.381 e. The van der Waals surface area contributed by atoms with Crippen molar-refractivity contribution in [3.63, 3.8) is 0 Å². The average molecular weight is 491 g/mol. The summed E-state index contributed by atoms with van der Waals surface area (Å²) in [6, 6.07) is 6.11. The van der Waals surface area contributed by atoms with E-state index in [-0.39, 0.29) is 18.0 Å². The molecule has 1 saturated heterocycles. The first kappa shape index (κ1) is 23.5. The molecule has 8 heteroatoms.